The summed E-state index contributed by atoms with van der Waals surface area (Å²) in [5.41, 5.74) is 1.18. The molecule has 112 valence electrons. The van der Waals surface area contributed by atoms with Crippen molar-refractivity contribution < 1.29 is 8.42 Å². The van der Waals surface area contributed by atoms with Gasteiger partial charge in [-0.05, 0) is 38.6 Å². The van der Waals surface area contributed by atoms with Crippen LogP contribution in [0.3, 0.4) is 0 Å². The van der Waals surface area contributed by atoms with E-state index in [1.54, 1.807) is 13.8 Å². The van der Waals surface area contributed by atoms with Crippen molar-refractivity contribution >= 4 is 26.0 Å². The minimum atomic E-state index is -3.24. The summed E-state index contributed by atoms with van der Waals surface area (Å²) in [6.45, 7) is 5.02. The van der Waals surface area contributed by atoms with Crippen molar-refractivity contribution in [3.63, 3.8) is 0 Å². The van der Waals surface area contributed by atoms with Gasteiger partial charge < -0.3 is 4.90 Å². The summed E-state index contributed by atoms with van der Waals surface area (Å²) in [5, 5.41) is -0.404. The number of likely N-dealkylation sites (N-methyl/N-ethyl adjacent to an activating group) is 1. The van der Waals surface area contributed by atoms with Crippen molar-refractivity contribution in [3.05, 3.63) is 34.3 Å². The van der Waals surface area contributed by atoms with E-state index in [9.17, 15) is 8.42 Å². The lowest BCUT2D eigenvalue weighted by Gasteiger charge is -2.21. The van der Waals surface area contributed by atoms with E-state index < -0.39 is 15.3 Å². The molecule has 0 amide bonds. The second-order valence-electron chi connectivity index (χ2n) is 5.70. The van der Waals surface area contributed by atoms with Crippen LogP contribution in [0.2, 0.25) is 0 Å². The Morgan fingerprint density at radius 2 is 1.85 bits per heavy atom. The Morgan fingerprint density at radius 3 is 2.40 bits per heavy atom. The molecule has 1 heterocycles. The summed E-state index contributed by atoms with van der Waals surface area (Å²) in [4.78, 5) is 2.17. The van der Waals surface area contributed by atoms with E-state index in [0.717, 1.165) is 17.6 Å². The zero-order chi connectivity index (χ0) is 14.9. The van der Waals surface area contributed by atoms with Gasteiger partial charge in [-0.25, -0.2) is 13.1 Å². The molecule has 1 N–H and O–H groups in total. The molecule has 20 heavy (non-hydrogen) atoms. The van der Waals surface area contributed by atoms with Crippen LogP contribution in [0, 0.1) is 0 Å². The first-order valence-electron chi connectivity index (χ1n) is 6.75. The molecule has 1 aliphatic rings. The third kappa shape index (κ3) is 3.61. The Hall–Kier alpha value is -0.430. The highest BCUT2D eigenvalue weighted by Gasteiger charge is 2.35. The number of sulfonamides is 1. The van der Waals surface area contributed by atoms with Crippen molar-refractivity contribution in [1.29, 1.82) is 0 Å². The van der Waals surface area contributed by atoms with Crippen molar-refractivity contribution in [3.8, 4) is 0 Å². The Balaban J connectivity index is 2.21. The minimum absolute atomic E-state index is 0.0615. The molecule has 1 aromatic carbocycles. The standard InChI is InChI=1S/C14H21BrN2O2S/c1-10(2)20(18,19)16-14-9-17(3)8-13(14)11-4-6-12(15)7-5-11/h4-7,10,13-14,16H,8-9H2,1-3H3. The lowest BCUT2D eigenvalue weighted by atomic mass is 9.95. The molecule has 0 aliphatic carbocycles. The third-order valence-corrected chi connectivity index (χ3v) is 6.14. The lowest BCUT2D eigenvalue weighted by Crippen LogP contribution is -2.42. The first-order valence-corrected chi connectivity index (χ1v) is 9.08. The Labute approximate surface area is 129 Å². The van der Waals surface area contributed by atoms with Gasteiger partial charge in [0, 0.05) is 29.5 Å². The van der Waals surface area contributed by atoms with Crippen LogP contribution in [0.4, 0.5) is 0 Å². The molecule has 2 atom stereocenters. The first kappa shape index (κ1) is 15.9. The number of hydrogen-bond donors (Lipinski definition) is 1. The molecule has 1 aromatic rings. The first-order chi connectivity index (χ1) is 9.29. The normalized spacial score (nSPS) is 24.4. The number of nitrogens with one attached hydrogen (secondary N) is 1. The van der Waals surface area contributed by atoms with Crippen molar-refractivity contribution in [2.45, 2.75) is 31.1 Å². The Kier molecular flexibility index (Phi) is 4.89. The molecule has 0 saturated carbocycles. The van der Waals surface area contributed by atoms with Gasteiger partial charge in [-0.15, -0.1) is 0 Å². The average molecular weight is 361 g/mol. The molecule has 1 fully saturated rings. The highest BCUT2D eigenvalue weighted by Crippen LogP contribution is 2.28. The minimum Gasteiger partial charge on any atom is -0.304 e. The van der Waals surface area contributed by atoms with Crippen LogP contribution >= 0.6 is 15.9 Å². The number of rotatable bonds is 4. The van der Waals surface area contributed by atoms with Crippen LogP contribution < -0.4 is 4.72 Å². The molecule has 0 bridgehead atoms. The quantitative estimate of drug-likeness (QED) is 0.894. The zero-order valence-electron chi connectivity index (χ0n) is 12.0. The molecule has 0 radical (unpaired) electrons. The molecule has 1 aliphatic heterocycles. The average Bonchev–Trinajstić information content (AvgIpc) is 2.70. The maximum Gasteiger partial charge on any atom is 0.214 e. The van der Waals surface area contributed by atoms with Gasteiger partial charge >= 0.3 is 0 Å². The molecule has 2 rings (SSSR count). The zero-order valence-corrected chi connectivity index (χ0v) is 14.4. The topological polar surface area (TPSA) is 49.4 Å². The fraction of sp³-hybridized carbons (Fsp3) is 0.571. The maximum absolute atomic E-state index is 12.1. The van der Waals surface area contributed by atoms with Gasteiger partial charge in [0.15, 0.2) is 0 Å². The maximum atomic E-state index is 12.1. The van der Waals surface area contributed by atoms with Crippen LogP contribution in [0.25, 0.3) is 0 Å². The molecule has 0 aromatic heterocycles. The molecular weight excluding hydrogens is 340 g/mol. The summed E-state index contributed by atoms with van der Waals surface area (Å²) in [6, 6.07) is 8.06. The summed E-state index contributed by atoms with van der Waals surface area (Å²) in [7, 11) is -1.22. The Bertz CT molecular complexity index is 557. The van der Waals surface area contributed by atoms with Gasteiger partial charge in [-0.2, -0.15) is 0 Å². The van der Waals surface area contributed by atoms with Gasteiger partial charge in [0.05, 0.1) is 5.25 Å². The lowest BCUT2D eigenvalue weighted by molar-refractivity contribution is 0.404. The van der Waals surface area contributed by atoms with E-state index in [2.05, 4.69) is 37.7 Å². The largest absolute Gasteiger partial charge is 0.304 e. The van der Waals surface area contributed by atoms with Gasteiger partial charge in [0.2, 0.25) is 10.0 Å². The molecule has 2 unspecified atom stereocenters. The van der Waals surface area contributed by atoms with Crippen molar-refractivity contribution in [1.82, 2.24) is 9.62 Å². The smallest absolute Gasteiger partial charge is 0.214 e. The number of likely N-dealkylation sites (tertiary alicyclic amines) is 1. The number of hydrogen-bond acceptors (Lipinski definition) is 3. The molecule has 0 spiro atoms. The second kappa shape index (κ2) is 6.13. The van der Waals surface area contributed by atoms with Crippen molar-refractivity contribution in [2.75, 3.05) is 20.1 Å². The molecule has 4 nitrogen and oxygen atoms in total. The highest BCUT2D eigenvalue weighted by molar-refractivity contribution is 9.10. The van der Waals surface area contributed by atoms with Crippen LogP contribution in [-0.2, 0) is 10.0 Å². The van der Waals surface area contributed by atoms with Gasteiger partial charge in [0.25, 0.3) is 0 Å². The summed E-state index contributed by atoms with van der Waals surface area (Å²) in [6.07, 6.45) is 0. The number of nitrogens with zero attached hydrogens (tertiary/aromatic N) is 1. The van der Waals surface area contributed by atoms with Gasteiger partial charge in [-0.1, -0.05) is 28.1 Å². The summed E-state index contributed by atoms with van der Waals surface area (Å²) >= 11 is 3.43. The monoisotopic (exact) mass is 360 g/mol. The van der Waals surface area contributed by atoms with E-state index in [1.165, 1.54) is 5.56 Å². The third-order valence-electron chi connectivity index (χ3n) is 3.74. The molecular formula is C14H21BrN2O2S. The van der Waals surface area contributed by atoms with Gasteiger partial charge in [0.1, 0.15) is 0 Å². The summed E-state index contributed by atoms with van der Waals surface area (Å²) < 4.78 is 28.1. The van der Waals surface area contributed by atoms with E-state index in [0.29, 0.717) is 0 Å². The van der Waals surface area contributed by atoms with Crippen LogP contribution in [-0.4, -0.2) is 44.7 Å². The van der Waals surface area contributed by atoms with Crippen LogP contribution in [0.15, 0.2) is 28.7 Å². The molecule has 6 heteroatoms. The molecule has 1 saturated heterocycles. The van der Waals surface area contributed by atoms with Crippen LogP contribution in [0.5, 0.6) is 0 Å². The summed E-state index contributed by atoms with van der Waals surface area (Å²) in [5.74, 6) is 0.196. The van der Waals surface area contributed by atoms with Crippen LogP contribution in [0.1, 0.15) is 25.3 Å². The number of benzene rings is 1. The van der Waals surface area contributed by atoms with E-state index in [1.807, 2.05) is 19.2 Å². The van der Waals surface area contributed by atoms with E-state index in [4.69, 9.17) is 0 Å². The van der Waals surface area contributed by atoms with Crippen molar-refractivity contribution in [2.24, 2.45) is 0 Å². The van der Waals surface area contributed by atoms with Gasteiger partial charge in [-0.3, -0.25) is 0 Å². The van der Waals surface area contributed by atoms with E-state index >= 15 is 0 Å². The highest BCUT2D eigenvalue weighted by atomic mass is 79.9. The fourth-order valence-corrected chi connectivity index (χ4v) is 3.71. The SMILES string of the molecule is CC(C)S(=O)(=O)NC1CN(C)CC1c1ccc(Br)cc1. The van der Waals surface area contributed by atoms with E-state index in [-0.39, 0.29) is 12.0 Å². The Morgan fingerprint density at radius 1 is 1.25 bits per heavy atom. The second-order valence-corrected chi connectivity index (χ2v) is 8.88. The predicted molar refractivity (Wildman–Crippen MR) is 85.4 cm³/mol. The number of halogens is 1. The predicted octanol–water partition coefficient (Wildman–Crippen LogP) is 2.17. The fourth-order valence-electron chi connectivity index (χ4n) is 2.51.